The molecule has 0 spiro atoms. The van der Waals surface area contributed by atoms with Gasteiger partial charge in [0.15, 0.2) is 0 Å². The number of carboxylic acid groups (broad SMARTS) is 1. The van der Waals surface area contributed by atoms with Crippen LogP contribution in [0.5, 0.6) is 0 Å². The number of hydrogen-bond donors (Lipinski definition) is 1. The number of fused-ring (bicyclic) bond motifs is 1. The molecule has 0 aliphatic carbocycles. The third kappa shape index (κ3) is 2.48. The molecule has 2 aromatic rings. The van der Waals surface area contributed by atoms with Crippen molar-refractivity contribution in [1.82, 2.24) is 9.55 Å². The van der Waals surface area contributed by atoms with E-state index < -0.39 is 5.97 Å². The van der Waals surface area contributed by atoms with E-state index in [1.165, 1.54) is 0 Å². The van der Waals surface area contributed by atoms with E-state index in [1.807, 2.05) is 28.8 Å². The van der Waals surface area contributed by atoms with Crippen LogP contribution in [0.4, 0.5) is 0 Å². The van der Waals surface area contributed by atoms with Crippen molar-refractivity contribution >= 4 is 17.0 Å². The summed E-state index contributed by atoms with van der Waals surface area (Å²) in [5.74, 6) is -0.109. The summed E-state index contributed by atoms with van der Waals surface area (Å²) in [4.78, 5) is 15.1. The van der Waals surface area contributed by atoms with Crippen LogP contribution in [0.15, 0.2) is 24.3 Å². The molecule has 5 heteroatoms. The van der Waals surface area contributed by atoms with Crippen molar-refractivity contribution in [2.24, 2.45) is 0 Å². The third-order valence-corrected chi connectivity index (χ3v) is 2.74. The molecular weight excluding hydrogens is 230 g/mol. The minimum absolute atomic E-state index is 0.0515. The quantitative estimate of drug-likeness (QED) is 0.870. The molecule has 0 fully saturated rings. The SMILES string of the molecule is N#CCCn1c(CCC(=O)O)nc2ccccc21. The summed E-state index contributed by atoms with van der Waals surface area (Å²) in [7, 11) is 0. The van der Waals surface area contributed by atoms with E-state index in [-0.39, 0.29) is 6.42 Å². The van der Waals surface area contributed by atoms with Crippen LogP contribution >= 0.6 is 0 Å². The molecule has 0 saturated heterocycles. The summed E-state index contributed by atoms with van der Waals surface area (Å²) in [5, 5.41) is 17.4. The normalized spacial score (nSPS) is 10.4. The van der Waals surface area contributed by atoms with E-state index in [4.69, 9.17) is 10.4 Å². The number of carboxylic acids is 1. The summed E-state index contributed by atoms with van der Waals surface area (Å²) < 4.78 is 1.93. The summed E-state index contributed by atoms with van der Waals surface area (Å²) in [6.45, 7) is 0.548. The van der Waals surface area contributed by atoms with Crippen molar-refractivity contribution in [2.75, 3.05) is 0 Å². The van der Waals surface area contributed by atoms with Crippen molar-refractivity contribution < 1.29 is 9.90 Å². The number of hydrogen-bond acceptors (Lipinski definition) is 3. The predicted octanol–water partition coefficient (Wildman–Crippen LogP) is 1.97. The van der Waals surface area contributed by atoms with Gasteiger partial charge in [0.05, 0.1) is 29.9 Å². The molecule has 1 heterocycles. The Labute approximate surface area is 104 Å². The highest BCUT2D eigenvalue weighted by Crippen LogP contribution is 2.17. The summed E-state index contributed by atoms with van der Waals surface area (Å²) in [6, 6.07) is 9.73. The fourth-order valence-electron chi connectivity index (χ4n) is 1.95. The lowest BCUT2D eigenvalue weighted by molar-refractivity contribution is -0.137. The van der Waals surface area contributed by atoms with Gasteiger partial charge in [-0.15, -0.1) is 0 Å². The molecule has 0 saturated carbocycles. The monoisotopic (exact) mass is 243 g/mol. The van der Waals surface area contributed by atoms with Crippen molar-refractivity contribution in [3.8, 4) is 6.07 Å². The molecule has 2 rings (SSSR count). The molecule has 18 heavy (non-hydrogen) atoms. The zero-order chi connectivity index (χ0) is 13.0. The first kappa shape index (κ1) is 12.1. The largest absolute Gasteiger partial charge is 0.481 e. The number of aryl methyl sites for hydroxylation is 2. The van der Waals surface area contributed by atoms with Crippen LogP contribution in [0.3, 0.4) is 0 Å². The number of carbonyl (C=O) groups is 1. The van der Waals surface area contributed by atoms with Crippen molar-refractivity contribution in [3.63, 3.8) is 0 Å². The Bertz CT molecular complexity index is 610. The third-order valence-electron chi connectivity index (χ3n) is 2.74. The van der Waals surface area contributed by atoms with Crippen LogP contribution in [0, 0.1) is 11.3 Å². The summed E-state index contributed by atoms with van der Waals surface area (Å²) >= 11 is 0. The fraction of sp³-hybridized carbons (Fsp3) is 0.308. The Morgan fingerprint density at radius 1 is 1.44 bits per heavy atom. The number of benzene rings is 1. The average Bonchev–Trinajstić information content (AvgIpc) is 2.71. The zero-order valence-corrected chi connectivity index (χ0v) is 9.83. The van der Waals surface area contributed by atoms with E-state index >= 15 is 0 Å². The van der Waals surface area contributed by atoms with Gasteiger partial charge in [-0.1, -0.05) is 12.1 Å². The van der Waals surface area contributed by atoms with Gasteiger partial charge in [-0.25, -0.2) is 4.98 Å². The number of rotatable bonds is 5. The van der Waals surface area contributed by atoms with Crippen LogP contribution in [0.25, 0.3) is 11.0 Å². The number of para-hydroxylation sites is 2. The second-order valence-electron chi connectivity index (χ2n) is 3.97. The average molecular weight is 243 g/mol. The van der Waals surface area contributed by atoms with Gasteiger partial charge in [-0.2, -0.15) is 5.26 Å². The van der Waals surface area contributed by atoms with Crippen LogP contribution in [0.2, 0.25) is 0 Å². The van der Waals surface area contributed by atoms with Gasteiger partial charge in [0.1, 0.15) is 5.82 Å². The van der Waals surface area contributed by atoms with Crippen LogP contribution in [-0.2, 0) is 17.8 Å². The molecule has 0 aliphatic rings. The first-order valence-corrected chi connectivity index (χ1v) is 5.75. The number of nitriles is 1. The van der Waals surface area contributed by atoms with Crippen LogP contribution in [-0.4, -0.2) is 20.6 Å². The molecule has 92 valence electrons. The molecule has 1 aromatic carbocycles. The van der Waals surface area contributed by atoms with E-state index in [0.29, 0.717) is 19.4 Å². The summed E-state index contributed by atoms with van der Waals surface area (Å²) in [6.07, 6.45) is 0.825. The van der Waals surface area contributed by atoms with Gasteiger partial charge in [0.2, 0.25) is 0 Å². The van der Waals surface area contributed by atoms with E-state index in [1.54, 1.807) is 0 Å². The molecule has 1 N–H and O–H groups in total. The molecule has 0 bridgehead atoms. The maximum atomic E-state index is 10.6. The van der Waals surface area contributed by atoms with Crippen molar-refractivity contribution in [1.29, 1.82) is 5.26 Å². The standard InChI is InChI=1S/C13H13N3O2/c14-8-3-9-16-11-5-2-1-4-10(11)15-12(16)6-7-13(17)18/h1-2,4-5H,3,6-7,9H2,(H,17,18). The second-order valence-corrected chi connectivity index (χ2v) is 3.97. The second kappa shape index (κ2) is 5.32. The molecular formula is C13H13N3O2. The van der Waals surface area contributed by atoms with Gasteiger partial charge in [0, 0.05) is 13.0 Å². The minimum Gasteiger partial charge on any atom is -0.481 e. The van der Waals surface area contributed by atoms with Crippen LogP contribution < -0.4 is 0 Å². The minimum atomic E-state index is -0.839. The Hall–Kier alpha value is -2.35. The van der Waals surface area contributed by atoms with Gasteiger partial charge in [0.25, 0.3) is 0 Å². The number of nitrogens with zero attached hydrogens (tertiary/aromatic N) is 3. The Kier molecular flexibility index (Phi) is 3.58. The molecule has 0 unspecified atom stereocenters. The maximum Gasteiger partial charge on any atom is 0.303 e. The number of aliphatic carboxylic acids is 1. The predicted molar refractivity (Wildman–Crippen MR) is 65.9 cm³/mol. The molecule has 5 nitrogen and oxygen atoms in total. The molecule has 0 radical (unpaired) electrons. The zero-order valence-electron chi connectivity index (χ0n) is 9.83. The van der Waals surface area contributed by atoms with E-state index in [2.05, 4.69) is 11.1 Å². The molecule has 0 atom stereocenters. The van der Waals surface area contributed by atoms with Gasteiger partial charge in [-0.3, -0.25) is 4.79 Å². The number of imidazole rings is 1. The maximum absolute atomic E-state index is 10.6. The summed E-state index contributed by atoms with van der Waals surface area (Å²) in [5.41, 5.74) is 1.80. The molecule has 0 aliphatic heterocycles. The van der Waals surface area contributed by atoms with Gasteiger partial charge < -0.3 is 9.67 Å². The Balaban J connectivity index is 2.37. The first-order chi connectivity index (χ1) is 8.72. The molecule has 1 aromatic heterocycles. The Morgan fingerprint density at radius 2 is 2.22 bits per heavy atom. The van der Waals surface area contributed by atoms with Gasteiger partial charge in [-0.05, 0) is 12.1 Å². The van der Waals surface area contributed by atoms with E-state index in [9.17, 15) is 4.79 Å². The Morgan fingerprint density at radius 3 is 2.94 bits per heavy atom. The van der Waals surface area contributed by atoms with Gasteiger partial charge >= 0.3 is 5.97 Å². The molecule has 0 amide bonds. The highest BCUT2D eigenvalue weighted by atomic mass is 16.4. The van der Waals surface area contributed by atoms with E-state index in [0.717, 1.165) is 16.9 Å². The highest BCUT2D eigenvalue weighted by Gasteiger charge is 2.11. The lowest BCUT2D eigenvalue weighted by Gasteiger charge is -2.05. The smallest absolute Gasteiger partial charge is 0.303 e. The van der Waals surface area contributed by atoms with Crippen molar-refractivity contribution in [2.45, 2.75) is 25.8 Å². The lowest BCUT2D eigenvalue weighted by atomic mass is 10.3. The topological polar surface area (TPSA) is 78.9 Å². The lowest BCUT2D eigenvalue weighted by Crippen LogP contribution is -2.06. The number of aromatic nitrogens is 2. The van der Waals surface area contributed by atoms with Crippen molar-refractivity contribution in [3.05, 3.63) is 30.1 Å². The first-order valence-electron chi connectivity index (χ1n) is 5.75. The fourth-order valence-corrected chi connectivity index (χ4v) is 1.95. The highest BCUT2D eigenvalue weighted by molar-refractivity contribution is 5.76. The van der Waals surface area contributed by atoms with Crippen LogP contribution in [0.1, 0.15) is 18.7 Å².